The van der Waals surface area contributed by atoms with Gasteiger partial charge >= 0.3 is 5.69 Å². The van der Waals surface area contributed by atoms with Crippen molar-refractivity contribution in [3.63, 3.8) is 0 Å². The molecule has 4 aromatic rings. The number of pyridine rings is 1. The minimum atomic E-state index is -0.932. The average molecular weight is 518 g/mol. The van der Waals surface area contributed by atoms with Gasteiger partial charge in [0.25, 0.3) is 17.2 Å². The molecule has 192 valence electrons. The van der Waals surface area contributed by atoms with Crippen molar-refractivity contribution in [1.29, 1.82) is 0 Å². The van der Waals surface area contributed by atoms with Crippen LogP contribution in [0.4, 0.5) is 26.0 Å². The molecule has 3 N–H and O–H groups in total. The maximum Gasteiger partial charge on any atom is 0.335 e. The summed E-state index contributed by atoms with van der Waals surface area (Å²) < 4.78 is 35.6. The van der Waals surface area contributed by atoms with E-state index in [0.717, 1.165) is 29.0 Å². The van der Waals surface area contributed by atoms with Crippen LogP contribution in [0.5, 0.6) is 11.5 Å². The van der Waals surface area contributed by atoms with Crippen LogP contribution in [-0.2, 0) is 0 Å². The number of benzene rings is 2. The Balaban J connectivity index is 1.67. The fraction of sp³-hybridized carbons (Fsp3) is 0.115. The highest BCUT2D eigenvalue weighted by molar-refractivity contribution is 6.03. The lowest BCUT2D eigenvalue weighted by molar-refractivity contribution is 0.102. The van der Waals surface area contributed by atoms with Crippen LogP contribution in [0.15, 0.2) is 70.5 Å². The minimum Gasteiger partial charge on any atom is -0.465 e. The molecule has 0 atom stereocenters. The number of hydrogen-bond acceptors (Lipinski definition) is 6. The first-order valence-corrected chi connectivity index (χ1v) is 11.2. The zero-order chi connectivity index (χ0) is 27.6. The van der Waals surface area contributed by atoms with Crippen molar-refractivity contribution < 1.29 is 18.3 Å². The van der Waals surface area contributed by atoms with Crippen LogP contribution in [0.2, 0.25) is 0 Å². The van der Waals surface area contributed by atoms with Gasteiger partial charge in [-0.3, -0.25) is 19.1 Å². The highest BCUT2D eigenvalue weighted by atomic mass is 19.1. The van der Waals surface area contributed by atoms with Gasteiger partial charge in [0.05, 0.1) is 12.3 Å². The average Bonchev–Trinajstić information content (AvgIpc) is 2.86. The van der Waals surface area contributed by atoms with Crippen LogP contribution in [0, 0.1) is 18.2 Å². The van der Waals surface area contributed by atoms with Crippen molar-refractivity contribution in [1.82, 2.24) is 14.1 Å². The zero-order valence-corrected chi connectivity index (χ0v) is 20.1. The Hall–Kier alpha value is -5.31. The van der Waals surface area contributed by atoms with Gasteiger partial charge in [0.1, 0.15) is 22.9 Å². The maximum absolute atomic E-state index is 14.8. The summed E-state index contributed by atoms with van der Waals surface area (Å²) in [6.07, 6.45) is 2.43. The van der Waals surface area contributed by atoms with E-state index in [0.29, 0.717) is 0 Å². The molecule has 0 saturated heterocycles. The second-order valence-electron chi connectivity index (χ2n) is 8.30. The van der Waals surface area contributed by atoms with Crippen molar-refractivity contribution in [2.24, 2.45) is 0 Å². The quantitative estimate of drug-likeness (QED) is 0.364. The van der Waals surface area contributed by atoms with E-state index in [2.05, 4.69) is 15.1 Å². The molecule has 2 heterocycles. The van der Waals surface area contributed by atoms with Crippen molar-refractivity contribution in [3.05, 3.63) is 110 Å². The molecule has 0 unspecified atom stereocenters. The first-order chi connectivity index (χ1) is 18.1. The van der Waals surface area contributed by atoms with Gasteiger partial charge in [0, 0.05) is 30.2 Å². The van der Waals surface area contributed by atoms with E-state index in [9.17, 15) is 23.2 Å². The lowest BCUT2D eigenvalue weighted by Gasteiger charge is -2.16. The third-order valence-corrected chi connectivity index (χ3v) is 5.44. The van der Waals surface area contributed by atoms with E-state index in [4.69, 9.17) is 17.0 Å². The van der Waals surface area contributed by atoms with Gasteiger partial charge in [-0.2, -0.15) is 0 Å². The molecule has 2 aromatic heterocycles. The molecule has 0 saturated carbocycles. The van der Waals surface area contributed by atoms with E-state index in [-0.39, 0.29) is 34.4 Å². The van der Waals surface area contributed by atoms with Crippen LogP contribution in [0.1, 0.15) is 30.2 Å². The molecule has 0 aliphatic heterocycles. The predicted molar refractivity (Wildman–Crippen MR) is 136 cm³/mol. The van der Waals surface area contributed by atoms with Crippen molar-refractivity contribution >= 4 is 23.1 Å². The number of nitrogens with two attached hydrogens (primary N) is 1. The second kappa shape index (κ2) is 10.4. The number of nitrogens with zero attached hydrogens (tertiary/aromatic N) is 4. The molecule has 0 aliphatic rings. The van der Waals surface area contributed by atoms with Crippen LogP contribution >= 0.6 is 0 Å². The minimum absolute atomic E-state index is 0.000437. The molecule has 1 amide bonds. The lowest BCUT2D eigenvalue weighted by Crippen LogP contribution is -2.42. The molecular formula is C26H20F2N6O4. The van der Waals surface area contributed by atoms with Gasteiger partial charge in [-0.15, -0.1) is 0 Å². The molecule has 2 aromatic carbocycles. The number of anilines is 2. The largest absolute Gasteiger partial charge is 0.465 e. The Kier molecular flexibility index (Phi) is 7.02. The smallest absolute Gasteiger partial charge is 0.335 e. The second-order valence-corrected chi connectivity index (χ2v) is 8.30. The molecule has 4 rings (SSSR count). The maximum atomic E-state index is 14.8. The molecule has 0 fully saturated rings. The standard InChI is InChI=1S/C26H20F2N6O4/c1-14(2)33-13-18(25(36)34(26(33)37)17-7-4-15(27)5-8-17)24(35)32-16-6-9-20(19(28)12-16)38-21-10-11-31-23(29)22(21)30-3/h4-14H,1-2H3,(H2,29,31)(H,32,35). The number of hydrogen-bond donors (Lipinski definition) is 2. The van der Waals surface area contributed by atoms with Gasteiger partial charge in [0.15, 0.2) is 11.6 Å². The normalized spacial score (nSPS) is 10.7. The highest BCUT2D eigenvalue weighted by Crippen LogP contribution is 2.36. The predicted octanol–water partition coefficient (Wildman–Crippen LogP) is 4.43. The Morgan fingerprint density at radius 3 is 2.45 bits per heavy atom. The van der Waals surface area contributed by atoms with Crippen LogP contribution in [0.3, 0.4) is 0 Å². The Morgan fingerprint density at radius 2 is 1.82 bits per heavy atom. The summed E-state index contributed by atoms with van der Waals surface area (Å²) in [5, 5.41) is 2.43. The summed E-state index contributed by atoms with van der Waals surface area (Å²) >= 11 is 0. The number of aromatic nitrogens is 3. The summed E-state index contributed by atoms with van der Waals surface area (Å²) in [5.74, 6) is -2.65. The van der Waals surface area contributed by atoms with Gasteiger partial charge in [-0.25, -0.2) is 23.0 Å². The summed E-state index contributed by atoms with van der Waals surface area (Å²) in [7, 11) is 0. The Labute approximate surface area is 214 Å². The molecule has 0 bridgehead atoms. The molecule has 0 aliphatic carbocycles. The number of rotatable bonds is 6. The first kappa shape index (κ1) is 25.8. The van der Waals surface area contributed by atoms with Gasteiger partial charge in [-0.1, -0.05) is 0 Å². The number of carbonyl (C=O) groups is 1. The number of halogens is 2. The van der Waals surface area contributed by atoms with Crippen molar-refractivity contribution in [2.75, 3.05) is 11.1 Å². The van der Waals surface area contributed by atoms with E-state index in [1.807, 2.05) is 0 Å². The van der Waals surface area contributed by atoms with Crippen LogP contribution < -0.4 is 27.0 Å². The van der Waals surface area contributed by atoms with Crippen LogP contribution in [0.25, 0.3) is 10.5 Å². The zero-order valence-electron chi connectivity index (χ0n) is 20.1. The topological polar surface area (TPSA) is 126 Å². The molecule has 10 nitrogen and oxygen atoms in total. The third kappa shape index (κ3) is 4.98. The van der Waals surface area contributed by atoms with Crippen molar-refractivity contribution in [3.8, 4) is 17.2 Å². The highest BCUT2D eigenvalue weighted by Gasteiger charge is 2.21. The number of ether oxygens (including phenoxy) is 1. The van der Waals surface area contributed by atoms with E-state index in [1.54, 1.807) is 13.8 Å². The summed E-state index contributed by atoms with van der Waals surface area (Å²) in [6, 6.07) is 9.11. The van der Waals surface area contributed by atoms with Crippen molar-refractivity contribution in [2.45, 2.75) is 19.9 Å². The molecule has 0 spiro atoms. The summed E-state index contributed by atoms with van der Waals surface area (Å²) in [5.41, 5.74) is 3.61. The van der Waals surface area contributed by atoms with Gasteiger partial charge < -0.3 is 15.8 Å². The number of nitrogens with one attached hydrogen (secondary N) is 1. The molecular weight excluding hydrogens is 498 g/mol. The molecule has 0 radical (unpaired) electrons. The SMILES string of the molecule is [C-]#[N+]c1c(Oc2ccc(NC(=O)c3cn(C(C)C)c(=O)n(-c4ccc(F)cc4)c3=O)cc2F)ccnc1N. The first-order valence-electron chi connectivity index (χ1n) is 11.2. The fourth-order valence-electron chi connectivity index (χ4n) is 3.54. The van der Waals surface area contributed by atoms with Gasteiger partial charge in [0.2, 0.25) is 0 Å². The van der Waals surface area contributed by atoms with Gasteiger partial charge in [-0.05, 0) is 56.3 Å². The lowest BCUT2D eigenvalue weighted by atomic mass is 10.2. The summed E-state index contributed by atoms with van der Waals surface area (Å²) in [6.45, 7) is 10.6. The monoisotopic (exact) mass is 518 g/mol. The Morgan fingerprint density at radius 1 is 1.11 bits per heavy atom. The number of amides is 1. The Bertz CT molecular complexity index is 1710. The summed E-state index contributed by atoms with van der Waals surface area (Å²) in [4.78, 5) is 46.2. The number of nitrogen functional groups attached to an aromatic ring is 1. The van der Waals surface area contributed by atoms with E-state index < -0.39 is 40.4 Å². The fourth-order valence-corrected chi connectivity index (χ4v) is 3.54. The van der Waals surface area contributed by atoms with E-state index in [1.165, 1.54) is 41.1 Å². The van der Waals surface area contributed by atoms with Crippen LogP contribution in [-0.4, -0.2) is 20.0 Å². The molecule has 12 heteroatoms. The molecule has 38 heavy (non-hydrogen) atoms. The third-order valence-electron chi connectivity index (χ3n) is 5.44. The van der Waals surface area contributed by atoms with E-state index >= 15 is 0 Å². The number of carbonyl (C=O) groups excluding carboxylic acids is 1.